The van der Waals surface area contributed by atoms with E-state index in [0.717, 1.165) is 10.9 Å². The number of alkyl halides is 1. The van der Waals surface area contributed by atoms with Gasteiger partial charge in [0.1, 0.15) is 0 Å². The minimum atomic E-state index is -1.83. The third-order valence-corrected chi connectivity index (χ3v) is 9.33. The molecule has 0 radical (unpaired) electrons. The van der Waals surface area contributed by atoms with E-state index in [1.807, 2.05) is 12.1 Å². The van der Waals surface area contributed by atoms with Gasteiger partial charge in [-0.1, -0.05) is 66.0 Å². The normalized spacial score (nSPS) is 14.5. The summed E-state index contributed by atoms with van der Waals surface area (Å²) < 4.78 is 6.42. The van der Waals surface area contributed by atoms with Crippen LogP contribution in [0.2, 0.25) is 28.2 Å². The summed E-state index contributed by atoms with van der Waals surface area (Å²) in [5.41, 5.74) is 0.993. The van der Waals surface area contributed by atoms with E-state index in [4.69, 9.17) is 27.6 Å². The van der Waals surface area contributed by atoms with Crippen molar-refractivity contribution in [3.05, 3.63) is 33.8 Å². The van der Waals surface area contributed by atoms with Crippen LogP contribution >= 0.6 is 39.1 Å². The fourth-order valence-corrected chi connectivity index (χ4v) is 4.00. The fraction of sp³-hybridized carbons (Fsp3) is 0.571. The third kappa shape index (κ3) is 4.47. The highest BCUT2D eigenvalue weighted by atomic mass is 79.9. The molecule has 0 spiro atoms. The van der Waals surface area contributed by atoms with E-state index in [0.29, 0.717) is 10.0 Å². The van der Waals surface area contributed by atoms with E-state index in [1.165, 1.54) is 0 Å². The lowest BCUT2D eigenvalue weighted by Crippen LogP contribution is -2.42. The third-order valence-electron chi connectivity index (χ3n) is 3.69. The summed E-state index contributed by atoms with van der Waals surface area (Å²) in [4.78, 5) is 0. The van der Waals surface area contributed by atoms with Gasteiger partial charge in [0.25, 0.3) is 0 Å². The zero-order valence-electron chi connectivity index (χ0n) is 12.1. The molecule has 1 aromatic rings. The van der Waals surface area contributed by atoms with Crippen LogP contribution in [0, 0.1) is 0 Å². The second-order valence-corrected chi connectivity index (χ2v) is 12.4. The van der Waals surface area contributed by atoms with Gasteiger partial charge in [-0.25, -0.2) is 0 Å². The van der Waals surface area contributed by atoms with E-state index in [1.54, 1.807) is 6.07 Å². The molecule has 0 heterocycles. The summed E-state index contributed by atoms with van der Waals surface area (Å²) in [7, 11) is -1.83. The van der Waals surface area contributed by atoms with Crippen molar-refractivity contribution < 1.29 is 4.43 Å². The first-order valence-electron chi connectivity index (χ1n) is 6.27. The van der Waals surface area contributed by atoms with Crippen LogP contribution in [0.3, 0.4) is 0 Å². The van der Waals surface area contributed by atoms with Crippen LogP contribution in [0.15, 0.2) is 18.2 Å². The maximum Gasteiger partial charge on any atom is 0.192 e. The van der Waals surface area contributed by atoms with Gasteiger partial charge in [0.05, 0.1) is 6.10 Å². The number of hydrogen-bond donors (Lipinski definition) is 0. The maximum atomic E-state index is 6.42. The molecule has 0 aliphatic heterocycles. The van der Waals surface area contributed by atoms with Gasteiger partial charge in [-0.05, 0) is 35.8 Å². The Labute approximate surface area is 135 Å². The molecule has 1 nitrogen and oxygen atoms in total. The van der Waals surface area contributed by atoms with Crippen molar-refractivity contribution in [2.45, 2.75) is 45.0 Å². The molecule has 0 saturated carbocycles. The Bertz CT molecular complexity index is 444. The van der Waals surface area contributed by atoms with Crippen molar-refractivity contribution in [1.29, 1.82) is 0 Å². The highest BCUT2D eigenvalue weighted by Gasteiger charge is 2.39. The molecule has 0 amide bonds. The molecular formula is C14H21BrCl2OSi. The lowest BCUT2D eigenvalue weighted by molar-refractivity contribution is 0.208. The van der Waals surface area contributed by atoms with Crippen molar-refractivity contribution >= 4 is 47.4 Å². The van der Waals surface area contributed by atoms with Crippen molar-refractivity contribution in [3.8, 4) is 0 Å². The molecule has 1 rings (SSSR count). The molecule has 0 aliphatic rings. The van der Waals surface area contributed by atoms with Crippen LogP contribution in [0.5, 0.6) is 0 Å². The number of rotatable bonds is 4. The summed E-state index contributed by atoms with van der Waals surface area (Å²) in [6.07, 6.45) is -0.0364. The van der Waals surface area contributed by atoms with Gasteiger partial charge < -0.3 is 4.43 Å². The average molecular weight is 384 g/mol. The Morgan fingerprint density at radius 3 is 2.26 bits per heavy atom. The Balaban J connectivity index is 3.02. The van der Waals surface area contributed by atoms with E-state index in [9.17, 15) is 0 Å². The smallest absolute Gasteiger partial charge is 0.192 e. The van der Waals surface area contributed by atoms with Gasteiger partial charge >= 0.3 is 0 Å². The molecule has 0 aromatic heterocycles. The molecule has 0 saturated heterocycles. The topological polar surface area (TPSA) is 9.23 Å². The Kier molecular flexibility index (Phi) is 5.97. The van der Waals surface area contributed by atoms with Gasteiger partial charge in [-0.3, -0.25) is 0 Å². The predicted octanol–water partition coefficient (Wildman–Crippen LogP) is 6.45. The van der Waals surface area contributed by atoms with Crippen LogP contribution in [-0.2, 0) is 4.43 Å². The number of benzene rings is 1. The summed E-state index contributed by atoms with van der Waals surface area (Å²) in [6, 6.07) is 5.57. The second-order valence-electron chi connectivity index (χ2n) is 6.19. The molecule has 0 bridgehead atoms. The summed E-state index contributed by atoms with van der Waals surface area (Å²) >= 11 is 15.7. The fourth-order valence-electron chi connectivity index (χ4n) is 1.47. The van der Waals surface area contributed by atoms with Crippen molar-refractivity contribution in [2.24, 2.45) is 0 Å². The minimum absolute atomic E-state index is 0.0364. The molecule has 1 atom stereocenters. The summed E-state index contributed by atoms with van der Waals surface area (Å²) in [5, 5.41) is 2.21. The summed E-state index contributed by atoms with van der Waals surface area (Å²) in [6.45, 7) is 11.2. The van der Waals surface area contributed by atoms with E-state index in [-0.39, 0.29) is 11.1 Å². The highest BCUT2D eigenvalue weighted by molar-refractivity contribution is 9.09. The highest BCUT2D eigenvalue weighted by Crippen LogP contribution is 2.41. The SMILES string of the molecule is CC(C)(C)[Si](C)(C)OC(CBr)c1ccc(Cl)cc1Cl. The molecule has 0 N–H and O–H groups in total. The Morgan fingerprint density at radius 2 is 1.84 bits per heavy atom. The van der Waals surface area contributed by atoms with Gasteiger partial charge in [0.15, 0.2) is 8.32 Å². The molecule has 0 fully saturated rings. The van der Waals surface area contributed by atoms with Crippen LogP contribution in [0.25, 0.3) is 0 Å². The van der Waals surface area contributed by atoms with Crippen molar-refractivity contribution in [1.82, 2.24) is 0 Å². The zero-order chi connectivity index (χ0) is 14.8. The monoisotopic (exact) mass is 382 g/mol. The van der Waals surface area contributed by atoms with Crippen molar-refractivity contribution in [2.75, 3.05) is 5.33 Å². The summed E-state index contributed by atoms with van der Waals surface area (Å²) in [5.74, 6) is 0. The molecule has 5 heteroatoms. The largest absolute Gasteiger partial charge is 0.409 e. The lowest BCUT2D eigenvalue weighted by atomic mass is 10.1. The first-order chi connectivity index (χ1) is 8.58. The van der Waals surface area contributed by atoms with Crippen molar-refractivity contribution in [3.63, 3.8) is 0 Å². The van der Waals surface area contributed by atoms with E-state index < -0.39 is 8.32 Å². The quantitative estimate of drug-likeness (QED) is 0.428. The molecule has 19 heavy (non-hydrogen) atoms. The van der Waals surface area contributed by atoms with Crippen LogP contribution in [-0.4, -0.2) is 13.6 Å². The average Bonchev–Trinajstić information content (AvgIpc) is 2.25. The first-order valence-corrected chi connectivity index (χ1v) is 11.1. The minimum Gasteiger partial charge on any atom is -0.409 e. The van der Waals surface area contributed by atoms with Gasteiger partial charge in [-0.15, -0.1) is 0 Å². The van der Waals surface area contributed by atoms with Crippen LogP contribution in [0.1, 0.15) is 32.4 Å². The molecular weight excluding hydrogens is 363 g/mol. The second kappa shape index (κ2) is 6.48. The van der Waals surface area contributed by atoms with Gasteiger partial charge in [0.2, 0.25) is 0 Å². The zero-order valence-corrected chi connectivity index (χ0v) is 16.2. The Morgan fingerprint density at radius 1 is 1.26 bits per heavy atom. The molecule has 108 valence electrons. The maximum absolute atomic E-state index is 6.42. The Hall–Kier alpha value is 0.457. The lowest BCUT2D eigenvalue weighted by Gasteiger charge is -2.39. The van der Waals surface area contributed by atoms with Gasteiger partial charge in [-0.2, -0.15) is 0 Å². The van der Waals surface area contributed by atoms with E-state index >= 15 is 0 Å². The van der Waals surface area contributed by atoms with Crippen LogP contribution < -0.4 is 0 Å². The predicted molar refractivity (Wildman–Crippen MR) is 91.3 cm³/mol. The van der Waals surface area contributed by atoms with E-state index in [2.05, 4.69) is 49.8 Å². The first kappa shape index (κ1) is 17.5. The standard InChI is InChI=1S/C14H21BrCl2OSi/c1-14(2,3)19(4,5)18-13(9-15)11-7-6-10(16)8-12(11)17/h6-8,13H,9H2,1-5H3. The molecule has 0 aliphatic carbocycles. The van der Waals surface area contributed by atoms with Gasteiger partial charge in [0, 0.05) is 15.4 Å². The van der Waals surface area contributed by atoms with Crippen LogP contribution in [0.4, 0.5) is 0 Å². The number of hydrogen-bond acceptors (Lipinski definition) is 1. The molecule has 1 unspecified atom stereocenters. The number of halogens is 3. The molecule has 1 aromatic carbocycles.